The molecule has 0 atom stereocenters. The fraction of sp³-hybridized carbons (Fsp3) is 0.500. The molecule has 0 aliphatic carbocycles. The molecule has 2 N–H and O–H groups in total. The first-order chi connectivity index (χ1) is 13.0. The molecule has 1 saturated heterocycles. The van der Waals surface area contributed by atoms with Crippen LogP contribution in [0.15, 0.2) is 29.3 Å². The van der Waals surface area contributed by atoms with Crippen LogP contribution in [0.4, 0.5) is 5.69 Å². The zero-order valence-electron chi connectivity index (χ0n) is 16.5. The highest BCUT2D eigenvalue weighted by atomic mass is 35.5. The van der Waals surface area contributed by atoms with E-state index in [9.17, 15) is 0 Å². The van der Waals surface area contributed by atoms with Crippen molar-refractivity contribution in [2.45, 2.75) is 26.7 Å². The topological polar surface area (TPSA) is 62.7 Å². The summed E-state index contributed by atoms with van der Waals surface area (Å²) >= 11 is 5.97. The van der Waals surface area contributed by atoms with Crippen molar-refractivity contribution in [3.8, 4) is 0 Å². The van der Waals surface area contributed by atoms with Crippen molar-refractivity contribution in [1.82, 2.24) is 14.7 Å². The molecule has 6 nitrogen and oxygen atoms in total. The number of benzene rings is 1. The van der Waals surface area contributed by atoms with Crippen LogP contribution < -0.4 is 10.6 Å². The second-order valence-electron chi connectivity index (χ2n) is 7.07. The van der Waals surface area contributed by atoms with Gasteiger partial charge < -0.3 is 15.5 Å². The number of nitrogens with two attached hydrogens (primary N) is 1. The molecule has 0 amide bonds. The minimum atomic E-state index is 0.658. The summed E-state index contributed by atoms with van der Waals surface area (Å²) in [6, 6.07) is 8.01. The van der Waals surface area contributed by atoms with Gasteiger partial charge in [-0.15, -0.1) is 0 Å². The average Bonchev–Trinajstić information content (AvgIpc) is 2.91. The first-order valence-corrected chi connectivity index (χ1v) is 9.88. The monoisotopic (exact) mass is 388 g/mol. The van der Waals surface area contributed by atoms with Gasteiger partial charge in [-0.3, -0.25) is 9.67 Å². The maximum Gasteiger partial charge on any atom is 0.191 e. The summed E-state index contributed by atoms with van der Waals surface area (Å²) in [5.41, 5.74) is 11.1. The van der Waals surface area contributed by atoms with Crippen LogP contribution in [0.25, 0.3) is 0 Å². The van der Waals surface area contributed by atoms with Crippen LogP contribution in [0.2, 0.25) is 5.02 Å². The Bertz CT molecular complexity index is 788. The maximum absolute atomic E-state index is 6.22. The van der Waals surface area contributed by atoms with Gasteiger partial charge in [0.25, 0.3) is 0 Å². The van der Waals surface area contributed by atoms with Crippen LogP contribution >= 0.6 is 11.6 Å². The number of anilines is 1. The number of hydrogen-bond donors (Lipinski definition) is 1. The second kappa shape index (κ2) is 8.65. The van der Waals surface area contributed by atoms with Crippen LogP contribution in [-0.4, -0.2) is 53.4 Å². The highest BCUT2D eigenvalue weighted by Crippen LogP contribution is 2.19. The van der Waals surface area contributed by atoms with Gasteiger partial charge in [0.05, 0.1) is 5.69 Å². The molecule has 0 saturated carbocycles. The normalized spacial score (nSPS) is 15.5. The van der Waals surface area contributed by atoms with Crippen molar-refractivity contribution in [3.05, 3.63) is 46.2 Å². The zero-order valence-corrected chi connectivity index (χ0v) is 17.2. The molecule has 7 heteroatoms. The number of halogens is 1. The van der Waals surface area contributed by atoms with Crippen molar-refractivity contribution >= 4 is 23.2 Å². The van der Waals surface area contributed by atoms with Gasteiger partial charge in [0.1, 0.15) is 0 Å². The molecule has 3 rings (SSSR count). The number of aliphatic imine (C=N–C) groups is 1. The van der Waals surface area contributed by atoms with E-state index in [1.807, 2.05) is 23.9 Å². The van der Waals surface area contributed by atoms with E-state index >= 15 is 0 Å². The molecule has 0 spiro atoms. The van der Waals surface area contributed by atoms with Crippen LogP contribution in [0, 0.1) is 13.8 Å². The predicted octanol–water partition coefficient (Wildman–Crippen LogP) is 2.76. The van der Waals surface area contributed by atoms with E-state index in [4.69, 9.17) is 17.3 Å². The van der Waals surface area contributed by atoms with Gasteiger partial charge in [-0.25, -0.2) is 0 Å². The number of nitrogens with zero attached hydrogens (tertiary/aromatic N) is 5. The van der Waals surface area contributed by atoms with Gasteiger partial charge in [0, 0.05) is 56.2 Å². The van der Waals surface area contributed by atoms with Crippen LogP contribution in [0.3, 0.4) is 0 Å². The van der Waals surface area contributed by atoms with Crippen molar-refractivity contribution in [2.24, 2.45) is 17.8 Å². The quantitative estimate of drug-likeness (QED) is 0.486. The Morgan fingerprint density at radius 2 is 1.81 bits per heavy atom. The molecule has 1 aromatic carbocycles. The number of guanidine groups is 1. The Morgan fingerprint density at radius 1 is 1.15 bits per heavy atom. The summed E-state index contributed by atoms with van der Waals surface area (Å²) in [6.07, 6.45) is 1.98. The van der Waals surface area contributed by atoms with Crippen molar-refractivity contribution in [3.63, 3.8) is 0 Å². The lowest BCUT2D eigenvalue weighted by atomic mass is 10.1. The van der Waals surface area contributed by atoms with Crippen LogP contribution in [-0.2, 0) is 13.5 Å². The van der Waals surface area contributed by atoms with Crippen LogP contribution in [0.1, 0.15) is 23.4 Å². The molecule has 1 aliphatic rings. The fourth-order valence-corrected chi connectivity index (χ4v) is 3.70. The summed E-state index contributed by atoms with van der Waals surface area (Å²) in [7, 11) is 1.99. The molecule has 0 radical (unpaired) electrons. The van der Waals surface area contributed by atoms with E-state index < -0.39 is 0 Å². The third-order valence-corrected chi connectivity index (χ3v) is 5.56. The van der Waals surface area contributed by atoms with Crippen molar-refractivity contribution in [1.29, 1.82) is 0 Å². The molecule has 146 valence electrons. The minimum absolute atomic E-state index is 0.658. The number of hydrogen-bond acceptors (Lipinski definition) is 3. The van der Waals surface area contributed by atoms with E-state index in [0.717, 1.165) is 56.3 Å². The van der Waals surface area contributed by atoms with E-state index in [0.29, 0.717) is 5.96 Å². The number of rotatable bonds is 5. The first-order valence-electron chi connectivity index (χ1n) is 9.50. The summed E-state index contributed by atoms with van der Waals surface area (Å²) in [5.74, 6) is 0.658. The van der Waals surface area contributed by atoms with Gasteiger partial charge >= 0.3 is 0 Å². The first kappa shape index (κ1) is 19.5. The average molecular weight is 389 g/mol. The zero-order chi connectivity index (χ0) is 19.4. The highest BCUT2D eigenvalue weighted by molar-refractivity contribution is 6.30. The number of piperazine rings is 1. The SMILES string of the molecule is Cc1nn(C)c(C)c1CCCN=C(N)N1CCN(c2ccc(Cl)cc2)CC1. The number of aryl methyl sites for hydroxylation is 2. The Labute approximate surface area is 166 Å². The highest BCUT2D eigenvalue weighted by Gasteiger charge is 2.18. The molecular formula is C20H29ClN6. The lowest BCUT2D eigenvalue weighted by Gasteiger charge is -2.36. The molecule has 27 heavy (non-hydrogen) atoms. The van der Waals surface area contributed by atoms with Crippen molar-refractivity contribution < 1.29 is 0 Å². The van der Waals surface area contributed by atoms with Crippen molar-refractivity contribution in [2.75, 3.05) is 37.6 Å². The molecule has 1 aliphatic heterocycles. The standard InChI is InChI=1S/C20H29ClN6/c1-15-19(16(2)25(3)24-15)5-4-10-23-20(22)27-13-11-26(12-14-27)18-8-6-17(21)7-9-18/h6-9H,4-5,10-14H2,1-3H3,(H2,22,23). The molecular weight excluding hydrogens is 360 g/mol. The van der Waals surface area contributed by atoms with E-state index in [2.05, 4.69) is 45.9 Å². The third kappa shape index (κ3) is 4.75. The van der Waals surface area contributed by atoms with Gasteiger partial charge in [-0.2, -0.15) is 5.10 Å². The molecule has 1 fully saturated rings. The lowest BCUT2D eigenvalue weighted by Crippen LogP contribution is -2.51. The lowest BCUT2D eigenvalue weighted by molar-refractivity contribution is 0.380. The summed E-state index contributed by atoms with van der Waals surface area (Å²) in [6.45, 7) is 8.58. The Hall–Kier alpha value is -2.21. The van der Waals surface area contributed by atoms with Crippen LogP contribution in [0.5, 0.6) is 0 Å². The summed E-state index contributed by atoms with van der Waals surface area (Å²) in [5, 5.41) is 5.24. The van der Waals surface area contributed by atoms with Gasteiger partial charge in [-0.1, -0.05) is 11.6 Å². The second-order valence-corrected chi connectivity index (χ2v) is 7.50. The van der Waals surface area contributed by atoms with Gasteiger partial charge in [0.2, 0.25) is 0 Å². The molecule has 2 aromatic rings. The maximum atomic E-state index is 6.22. The Kier molecular flexibility index (Phi) is 6.26. The van der Waals surface area contributed by atoms with E-state index in [-0.39, 0.29) is 0 Å². The minimum Gasteiger partial charge on any atom is -0.370 e. The smallest absolute Gasteiger partial charge is 0.191 e. The van der Waals surface area contributed by atoms with Gasteiger partial charge in [-0.05, 0) is 56.5 Å². The van der Waals surface area contributed by atoms with Gasteiger partial charge in [0.15, 0.2) is 5.96 Å². The summed E-state index contributed by atoms with van der Waals surface area (Å²) in [4.78, 5) is 9.12. The summed E-state index contributed by atoms with van der Waals surface area (Å²) < 4.78 is 1.95. The molecule has 1 aromatic heterocycles. The molecule has 0 bridgehead atoms. The Morgan fingerprint density at radius 3 is 2.41 bits per heavy atom. The van der Waals surface area contributed by atoms with E-state index in [1.165, 1.54) is 16.9 Å². The Balaban J connectivity index is 1.46. The molecule has 2 heterocycles. The third-order valence-electron chi connectivity index (χ3n) is 5.31. The largest absolute Gasteiger partial charge is 0.370 e. The number of aromatic nitrogens is 2. The predicted molar refractivity (Wildman–Crippen MR) is 113 cm³/mol. The fourth-order valence-electron chi connectivity index (χ4n) is 3.57. The van der Waals surface area contributed by atoms with E-state index in [1.54, 1.807) is 0 Å². The molecule has 0 unspecified atom stereocenters.